The summed E-state index contributed by atoms with van der Waals surface area (Å²) in [5.41, 5.74) is 1.54. The smallest absolute Gasteiger partial charge is 0.335 e. The lowest BCUT2D eigenvalue weighted by Crippen LogP contribution is -2.38. The van der Waals surface area contributed by atoms with Gasteiger partial charge in [-0.25, -0.2) is 9.00 Å². The van der Waals surface area contributed by atoms with Crippen LogP contribution in [0.2, 0.25) is 0 Å². The molecule has 2 atom stereocenters. The van der Waals surface area contributed by atoms with Crippen molar-refractivity contribution in [2.75, 3.05) is 29.8 Å². The van der Waals surface area contributed by atoms with Crippen LogP contribution in [0.3, 0.4) is 0 Å². The molecule has 0 amide bonds. The Hall–Kier alpha value is -3.09. The third kappa shape index (κ3) is 4.67. The van der Waals surface area contributed by atoms with Gasteiger partial charge in [0.25, 0.3) is 0 Å². The minimum Gasteiger partial charge on any atom is -0.495 e. The monoisotopic (exact) mass is 415 g/mol. The van der Waals surface area contributed by atoms with Crippen molar-refractivity contribution in [2.24, 2.45) is 0 Å². The van der Waals surface area contributed by atoms with E-state index in [0.29, 0.717) is 23.5 Å². The average molecular weight is 415 g/mol. The SMILES string of the molecule is COc1ccc(C(=O)O)cc1S(=O)Nc1cc(C#N)ccc1N1CCC[C@H](O)C1. The van der Waals surface area contributed by atoms with E-state index in [-0.39, 0.29) is 16.2 Å². The third-order valence-electron chi connectivity index (χ3n) is 4.68. The van der Waals surface area contributed by atoms with Crippen LogP contribution in [0.15, 0.2) is 41.3 Å². The number of carboxylic acids is 1. The molecule has 0 radical (unpaired) electrons. The van der Waals surface area contributed by atoms with Gasteiger partial charge in [-0.1, -0.05) is 0 Å². The number of aliphatic hydroxyl groups is 1. The van der Waals surface area contributed by atoms with Gasteiger partial charge in [-0.2, -0.15) is 5.26 Å². The molecule has 0 bridgehead atoms. The van der Waals surface area contributed by atoms with Crippen LogP contribution in [0.25, 0.3) is 0 Å². The number of nitrogens with one attached hydrogen (secondary N) is 1. The fourth-order valence-corrected chi connectivity index (χ4v) is 4.29. The summed E-state index contributed by atoms with van der Waals surface area (Å²) in [6, 6.07) is 11.2. The molecular formula is C20H21N3O5S. The number of aromatic carboxylic acids is 1. The number of nitriles is 1. The number of rotatable bonds is 6. The Kier molecular flexibility index (Phi) is 6.36. The first-order chi connectivity index (χ1) is 13.9. The number of benzene rings is 2. The quantitative estimate of drug-likeness (QED) is 0.662. The van der Waals surface area contributed by atoms with Crippen LogP contribution in [0, 0.1) is 11.3 Å². The maximum absolute atomic E-state index is 13.0. The van der Waals surface area contributed by atoms with Crippen molar-refractivity contribution in [1.29, 1.82) is 5.26 Å². The van der Waals surface area contributed by atoms with Gasteiger partial charge in [0.05, 0.1) is 41.8 Å². The summed E-state index contributed by atoms with van der Waals surface area (Å²) in [4.78, 5) is 13.4. The topological polar surface area (TPSA) is 123 Å². The molecule has 8 nitrogen and oxygen atoms in total. The van der Waals surface area contributed by atoms with Crippen LogP contribution in [0.4, 0.5) is 11.4 Å². The summed E-state index contributed by atoms with van der Waals surface area (Å²) in [5, 5.41) is 28.5. The molecule has 1 aliphatic heterocycles. The minimum atomic E-state index is -1.84. The molecule has 1 aliphatic rings. The van der Waals surface area contributed by atoms with E-state index in [1.165, 1.54) is 25.3 Å². The molecule has 1 saturated heterocycles. The number of β-amino-alcohol motifs (C(OH)–C–C–N with tert-alkyl or cyclic N) is 1. The van der Waals surface area contributed by atoms with Gasteiger partial charge in [0.15, 0.2) is 11.0 Å². The maximum atomic E-state index is 13.0. The van der Waals surface area contributed by atoms with Gasteiger partial charge in [0.1, 0.15) is 10.6 Å². The Morgan fingerprint density at radius 1 is 1.34 bits per heavy atom. The number of anilines is 2. The van der Waals surface area contributed by atoms with Crippen LogP contribution >= 0.6 is 0 Å². The first-order valence-corrected chi connectivity index (χ1v) is 10.1. The average Bonchev–Trinajstić information content (AvgIpc) is 2.73. The molecule has 0 aliphatic carbocycles. The van der Waals surface area contributed by atoms with Crippen LogP contribution in [0.1, 0.15) is 28.8 Å². The zero-order valence-electron chi connectivity index (χ0n) is 15.8. The van der Waals surface area contributed by atoms with Crippen molar-refractivity contribution < 1.29 is 24.0 Å². The number of aliphatic hydroxyl groups excluding tert-OH is 1. The summed E-state index contributed by atoms with van der Waals surface area (Å²) in [6.45, 7) is 1.16. The molecule has 0 aromatic heterocycles. The van der Waals surface area contributed by atoms with Crippen LogP contribution in [0.5, 0.6) is 5.75 Å². The van der Waals surface area contributed by atoms with Crippen molar-refractivity contribution in [3.63, 3.8) is 0 Å². The number of hydrogen-bond acceptors (Lipinski definition) is 6. The Balaban J connectivity index is 1.97. The van der Waals surface area contributed by atoms with E-state index in [9.17, 15) is 24.5 Å². The number of piperidine rings is 1. The van der Waals surface area contributed by atoms with E-state index in [4.69, 9.17) is 4.74 Å². The van der Waals surface area contributed by atoms with E-state index in [0.717, 1.165) is 19.4 Å². The largest absolute Gasteiger partial charge is 0.495 e. The van der Waals surface area contributed by atoms with E-state index in [2.05, 4.69) is 10.8 Å². The number of hydrogen-bond donors (Lipinski definition) is 3. The molecule has 9 heteroatoms. The van der Waals surface area contributed by atoms with Gasteiger partial charge >= 0.3 is 5.97 Å². The lowest BCUT2D eigenvalue weighted by molar-refractivity contribution is 0.0696. The Bertz CT molecular complexity index is 989. The highest BCUT2D eigenvalue weighted by atomic mass is 32.2. The lowest BCUT2D eigenvalue weighted by atomic mass is 10.1. The highest BCUT2D eigenvalue weighted by Crippen LogP contribution is 2.32. The standard InChI is InChI=1S/C20H21N3O5S/c1-28-18-7-5-14(20(25)26)10-19(18)29(27)22-16-9-13(11-21)4-6-17(16)23-8-2-3-15(24)12-23/h4-7,9-10,15,22,24H,2-3,8,12H2,1H3,(H,25,26)/t15-,29?/m0/s1. The summed E-state index contributed by atoms with van der Waals surface area (Å²) in [7, 11) is -0.433. The van der Waals surface area contributed by atoms with Crippen LogP contribution < -0.4 is 14.4 Å². The molecule has 3 N–H and O–H groups in total. The first-order valence-electron chi connectivity index (χ1n) is 9.00. The molecule has 29 heavy (non-hydrogen) atoms. The second-order valence-electron chi connectivity index (χ2n) is 6.63. The number of carboxylic acid groups (broad SMARTS) is 1. The summed E-state index contributed by atoms with van der Waals surface area (Å²) >= 11 is 0. The summed E-state index contributed by atoms with van der Waals surface area (Å²) in [5.74, 6) is -0.854. The van der Waals surface area contributed by atoms with Gasteiger partial charge in [0.2, 0.25) is 0 Å². The second kappa shape index (κ2) is 8.94. The van der Waals surface area contributed by atoms with Crippen molar-refractivity contribution >= 4 is 28.3 Å². The third-order valence-corrected chi connectivity index (χ3v) is 5.80. The first kappa shape index (κ1) is 20.6. The lowest BCUT2D eigenvalue weighted by Gasteiger charge is -2.33. The van der Waals surface area contributed by atoms with Crippen molar-refractivity contribution in [1.82, 2.24) is 0 Å². The molecule has 0 saturated carbocycles. The maximum Gasteiger partial charge on any atom is 0.335 e. The van der Waals surface area contributed by atoms with Gasteiger partial charge < -0.3 is 19.8 Å². The minimum absolute atomic E-state index is 0.0129. The zero-order chi connectivity index (χ0) is 21.0. The van der Waals surface area contributed by atoms with Crippen LogP contribution in [-0.4, -0.2) is 46.7 Å². The van der Waals surface area contributed by atoms with E-state index in [1.54, 1.807) is 18.2 Å². The molecule has 152 valence electrons. The number of methoxy groups -OCH3 is 1. The Labute approximate surface area is 170 Å². The molecule has 1 unspecified atom stereocenters. The number of nitrogens with zero attached hydrogens (tertiary/aromatic N) is 2. The fraction of sp³-hybridized carbons (Fsp3) is 0.300. The second-order valence-corrected chi connectivity index (χ2v) is 7.81. The predicted octanol–water partition coefficient (Wildman–Crippen LogP) is 2.36. The van der Waals surface area contributed by atoms with Gasteiger partial charge in [-0.15, -0.1) is 0 Å². The van der Waals surface area contributed by atoms with E-state index in [1.807, 2.05) is 4.90 Å². The molecule has 1 heterocycles. The van der Waals surface area contributed by atoms with Crippen molar-refractivity contribution in [3.8, 4) is 11.8 Å². The molecule has 1 fully saturated rings. The molecule has 2 aromatic rings. The van der Waals surface area contributed by atoms with Crippen molar-refractivity contribution in [2.45, 2.75) is 23.8 Å². The van der Waals surface area contributed by atoms with Gasteiger partial charge in [-0.3, -0.25) is 4.72 Å². The summed E-state index contributed by atoms with van der Waals surface area (Å²) in [6.07, 6.45) is 1.09. The molecule has 3 rings (SSSR count). The Morgan fingerprint density at radius 2 is 2.14 bits per heavy atom. The number of carbonyl (C=O) groups is 1. The highest BCUT2D eigenvalue weighted by molar-refractivity contribution is 7.86. The Morgan fingerprint density at radius 3 is 2.79 bits per heavy atom. The normalized spacial score (nSPS) is 17.3. The molecule has 0 spiro atoms. The van der Waals surface area contributed by atoms with Gasteiger partial charge in [0, 0.05) is 13.1 Å². The van der Waals surface area contributed by atoms with E-state index < -0.39 is 23.1 Å². The number of ether oxygens (including phenoxy) is 1. The fourth-order valence-electron chi connectivity index (χ4n) is 3.25. The summed E-state index contributed by atoms with van der Waals surface area (Å²) < 4.78 is 21.1. The predicted molar refractivity (Wildman–Crippen MR) is 109 cm³/mol. The van der Waals surface area contributed by atoms with E-state index >= 15 is 0 Å². The molecular weight excluding hydrogens is 394 g/mol. The highest BCUT2D eigenvalue weighted by Gasteiger charge is 2.22. The molecule has 2 aromatic carbocycles. The zero-order valence-corrected chi connectivity index (χ0v) is 16.6. The van der Waals surface area contributed by atoms with Crippen molar-refractivity contribution in [3.05, 3.63) is 47.5 Å². The van der Waals surface area contributed by atoms with Crippen LogP contribution in [-0.2, 0) is 11.0 Å². The van der Waals surface area contributed by atoms with Gasteiger partial charge in [-0.05, 0) is 49.2 Å².